The van der Waals surface area contributed by atoms with Crippen molar-refractivity contribution in [3.8, 4) is 0 Å². The summed E-state index contributed by atoms with van der Waals surface area (Å²) < 4.78 is 1.93. The van der Waals surface area contributed by atoms with E-state index in [1.807, 2.05) is 18.2 Å². The second-order valence-electron chi connectivity index (χ2n) is 3.90. The zero-order chi connectivity index (χ0) is 13.1. The third-order valence-corrected chi connectivity index (χ3v) is 3.87. The van der Waals surface area contributed by atoms with Gasteiger partial charge < -0.3 is 5.32 Å². The van der Waals surface area contributed by atoms with Crippen LogP contribution < -0.4 is 5.32 Å². The summed E-state index contributed by atoms with van der Waals surface area (Å²) in [6.45, 7) is 2.09. The van der Waals surface area contributed by atoms with Crippen molar-refractivity contribution in [2.45, 2.75) is 13.0 Å². The third kappa shape index (κ3) is 3.46. The van der Waals surface area contributed by atoms with Crippen LogP contribution in [0.2, 0.25) is 5.02 Å². The number of anilines is 1. The predicted octanol–water partition coefficient (Wildman–Crippen LogP) is 5.43. The third-order valence-electron chi connectivity index (χ3n) is 2.53. The lowest BCUT2D eigenvalue weighted by Crippen LogP contribution is -2.08. The lowest BCUT2D eigenvalue weighted by Gasteiger charge is -2.16. The van der Waals surface area contributed by atoms with Crippen molar-refractivity contribution in [1.29, 1.82) is 0 Å². The summed E-state index contributed by atoms with van der Waals surface area (Å²) in [5, 5.41) is 3.96. The second-order valence-corrected chi connectivity index (χ2v) is 6.11. The molecule has 18 heavy (non-hydrogen) atoms. The van der Waals surface area contributed by atoms with Crippen molar-refractivity contribution in [2.75, 3.05) is 5.32 Å². The predicted molar refractivity (Wildman–Crippen MR) is 83.1 cm³/mol. The van der Waals surface area contributed by atoms with Gasteiger partial charge in [-0.3, -0.25) is 0 Å². The average Bonchev–Trinajstić information content (AvgIpc) is 2.33. The second kappa shape index (κ2) is 6.04. The molecule has 2 nitrogen and oxygen atoms in total. The molecule has 0 aliphatic rings. The van der Waals surface area contributed by atoms with Crippen molar-refractivity contribution in [1.82, 2.24) is 4.98 Å². The van der Waals surface area contributed by atoms with Gasteiger partial charge in [-0.15, -0.1) is 0 Å². The highest BCUT2D eigenvalue weighted by molar-refractivity contribution is 9.10. The number of halogens is 3. The Balaban J connectivity index is 2.15. The van der Waals surface area contributed by atoms with E-state index in [1.165, 1.54) is 5.56 Å². The maximum atomic E-state index is 5.86. The van der Waals surface area contributed by atoms with Crippen LogP contribution in [0.15, 0.2) is 45.5 Å². The Morgan fingerprint density at radius 3 is 2.50 bits per heavy atom. The normalized spacial score (nSPS) is 12.2. The molecule has 0 aliphatic carbocycles. The molecule has 0 saturated carbocycles. The maximum Gasteiger partial charge on any atom is 0.140 e. The van der Waals surface area contributed by atoms with Gasteiger partial charge >= 0.3 is 0 Å². The first-order chi connectivity index (χ1) is 8.56. The minimum absolute atomic E-state index is 0.170. The standard InChI is InChI=1S/C13H11Br2ClN2/c1-8(9-2-4-10(14)5-3-9)18-13-12(15)6-11(16)7-17-13/h2-8H,1H3,(H,17,18). The summed E-state index contributed by atoms with van der Waals surface area (Å²) in [4.78, 5) is 4.26. The van der Waals surface area contributed by atoms with Gasteiger partial charge in [-0.2, -0.15) is 0 Å². The van der Waals surface area contributed by atoms with Crippen LogP contribution in [0.5, 0.6) is 0 Å². The molecular formula is C13H11Br2ClN2. The number of rotatable bonds is 3. The van der Waals surface area contributed by atoms with E-state index in [2.05, 4.69) is 61.2 Å². The molecule has 1 atom stereocenters. The Morgan fingerprint density at radius 1 is 1.22 bits per heavy atom. The number of hydrogen-bond acceptors (Lipinski definition) is 2. The van der Waals surface area contributed by atoms with Crippen molar-refractivity contribution in [3.05, 3.63) is 56.1 Å². The van der Waals surface area contributed by atoms with Gasteiger partial charge in [-0.25, -0.2) is 4.98 Å². The van der Waals surface area contributed by atoms with E-state index in [0.717, 1.165) is 14.8 Å². The van der Waals surface area contributed by atoms with Crippen LogP contribution in [0.1, 0.15) is 18.5 Å². The first-order valence-electron chi connectivity index (χ1n) is 5.39. The van der Waals surface area contributed by atoms with Gasteiger partial charge in [0.25, 0.3) is 0 Å². The summed E-state index contributed by atoms with van der Waals surface area (Å²) >= 11 is 12.7. The molecule has 0 aliphatic heterocycles. The molecular weight excluding hydrogens is 379 g/mol. The van der Waals surface area contributed by atoms with Crippen LogP contribution in [0, 0.1) is 0 Å². The van der Waals surface area contributed by atoms with Crippen LogP contribution in [-0.4, -0.2) is 4.98 Å². The monoisotopic (exact) mass is 388 g/mol. The summed E-state index contributed by atoms with van der Waals surface area (Å²) in [7, 11) is 0. The molecule has 1 aromatic heterocycles. The Hall–Kier alpha value is -0.580. The quantitative estimate of drug-likeness (QED) is 0.756. The van der Waals surface area contributed by atoms with Gasteiger partial charge in [0.2, 0.25) is 0 Å². The van der Waals surface area contributed by atoms with E-state index in [4.69, 9.17) is 11.6 Å². The van der Waals surface area contributed by atoms with E-state index >= 15 is 0 Å². The number of nitrogens with zero attached hydrogens (tertiary/aromatic N) is 1. The summed E-state index contributed by atoms with van der Waals surface area (Å²) in [5.74, 6) is 0.787. The van der Waals surface area contributed by atoms with E-state index in [0.29, 0.717) is 5.02 Å². The minimum atomic E-state index is 0.170. The Kier molecular flexibility index (Phi) is 4.65. The lowest BCUT2D eigenvalue weighted by molar-refractivity contribution is 0.872. The van der Waals surface area contributed by atoms with Crippen LogP contribution >= 0.6 is 43.5 Å². The van der Waals surface area contributed by atoms with E-state index in [1.54, 1.807) is 6.20 Å². The molecule has 5 heteroatoms. The summed E-state index contributed by atoms with van der Waals surface area (Å²) in [6, 6.07) is 10.2. The number of hydrogen-bond donors (Lipinski definition) is 1. The number of nitrogens with one attached hydrogen (secondary N) is 1. The van der Waals surface area contributed by atoms with Gasteiger partial charge in [0.1, 0.15) is 5.82 Å². The van der Waals surface area contributed by atoms with E-state index in [-0.39, 0.29) is 6.04 Å². The molecule has 2 aromatic rings. The molecule has 94 valence electrons. The molecule has 1 aromatic carbocycles. The fourth-order valence-corrected chi connectivity index (χ4v) is 2.58. The number of benzene rings is 1. The van der Waals surface area contributed by atoms with Crippen LogP contribution in [0.3, 0.4) is 0 Å². The molecule has 1 unspecified atom stereocenters. The molecule has 0 saturated heterocycles. The topological polar surface area (TPSA) is 24.9 Å². The summed E-state index contributed by atoms with van der Waals surface area (Å²) in [5.41, 5.74) is 1.20. The van der Waals surface area contributed by atoms with Crippen molar-refractivity contribution >= 4 is 49.3 Å². The fraction of sp³-hybridized carbons (Fsp3) is 0.154. The Morgan fingerprint density at radius 2 is 1.89 bits per heavy atom. The largest absolute Gasteiger partial charge is 0.363 e. The minimum Gasteiger partial charge on any atom is -0.363 e. The molecule has 1 heterocycles. The Labute approximate surface area is 128 Å². The number of aromatic nitrogens is 1. The van der Waals surface area contributed by atoms with Crippen LogP contribution in [0.4, 0.5) is 5.82 Å². The highest BCUT2D eigenvalue weighted by Crippen LogP contribution is 2.27. The molecule has 0 radical (unpaired) electrons. The van der Waals surface area contributed by atoms with Crippen molar-refractivity contribution in [2.24, 2.45) is 0 Å². The maximum absolute atomic E-state index is 5.86. The summed E-state index contributed by atoms with van der Waals surface area (Å²) in [6.07, 6.45) is 1.63. The van der Waals surface area contributed by atoms with Crippen molar-refractivity contribution < 1.29 is 0 Å². The first-order valence-corrected chi connectivity index (χ1v) is 7.35. The van der Waals surface area contributed by atoms with Gasteiger partial charge in [-0.05, 0) is 46.6 Å². The van der Waals surface area contributed by atoms with Gasteiger partial charge in [0.05, 0.1) is 9.50 Å². The molecule has 0 amide bonds. The Bertz CT molecular complexity index is 543. The molecule has 2 rings (SSSR count). The first kappa shape index (κ1) is 13.8. The molecule has 0 fully saturated rings. The fourth-order valence-electron chi connectivity index (χ4n) is 1.56. The highest BCUT2D eigenvalue weighted by atomic mass is 79.9. The zero-order valence-electron chi connectivity index (χ0n) is 9.62. The lowest BCUT2D eigenvalue weighted by atomic mass is 10.1. The van der Waals surface area contributed by atoms with Gasteiger partial charge in [0.15, 0.2) is 0 Å². The van der Waals surface area contributed by atoms with E-state index in [9.17, 15) is 0 Å². The van der Waals surface area contributed by atoms with Gasteiger partial charge in [0, 0.05) is 16.7 Å². The van der Waals surface area contributed by atoms with Crippen LogP contribution in [-0.2, 0) is 0 Å². The van der Waals surface area contributed by atoms with Crippen molar-refractivity contribution in [3.63, 3.8) is 0 Å². The highest BCUT2D eigenvalue weighted by Gasteiger charge is 2.08. The molecule has 0 spiro atoms. The molecule has 0 bridgehead atoms. The van der Waals surface area contributed by atoms with E-state index < -0.39 is 0 Å². The SMILES string of the molecule is CC(Nc1ncc(Cl)cc1Br)c1ccc(Br)cc1. The molecule has 1 N–H and O–H groups in total. The average molecular weight is 391 g/mol. The smallest absolute Gasteiger partial charge is 0.140 e. The number of pyridine rings is 1. The van der Waals surface area contributed by atoms with Crippen LogP contribution in [0.25, 0.3) is 0 Å². The van der Waals surface area contributed by atoms with Gasteiger partial charge in [-0.1, -0.05) is 39.7 Å². The zero-order valence-corrected chi connectivity index (χ0v) is 13.6.